The van der Waals surface area contributed by atoms with Gasteiger partial charge in [-0.05, 0) is 39.4 Å². The smallest absolute Gasteiger partial charge is 0.239 e. The molecule has 5 heteroatoms. The predicted molar refractivity (Wildman–Crippen MR) is 67.0 cm³/mol. The number of nitrogens with one attached hydrogen (secondary N) is 1. The molecule has 1 atom stereocenters. The molecule has 2 aliphatic heterocycles. The highest BCUT2D eigenvalue weighted by atomic mass is 35.5. The van der Waals surface area contributed by atoms with E-state index < -0.39 is 0 Å². The zero-order valence-corrected chi connectivity index (χ0v) is 10.8. The molecule has 0 aliphatic carbocycles. The highest BCUT2D eigenvalue weighted by Gasteiger charge is 2.27. The Labute approximate surface area is 104 Å². The van der Waals surface area contributed by atoms with Gasteiger partial charge in [0.25, 0.3) is 0 Å². The molecule has 0 spiro atoms. The summed E-state index contributed by atoms with van der Waals surface area (Å²) >= 11 is 0. The van der Waals surface area contributed by atoms with Crippen molar-refractivity contribution in [1.29, 1.82) is 0 Å². The third-order valence-corrected chi connectivity index (χ3v) is 3.39. The van der Waals surface area contributed by atoms with Crippen LogP contribution in [-0.4, -0.2) is 61.5 Å². The Kier molecular flexibility index (Phi) is 5.52. The van der Waals surface area contributed by atoms with Crippen molar-refractivity contribution in [3.8, 4) is 0 Å². The lowest BCUT2D eigenvalue weighted by Gasteiger charge is -2.23. The molecule has 2 heterocycles. The maximum Gasteiger partial charge on any atom is 0.239 e. The second-order valence-corrected chi connectivity index (χ2v) is 4.63. The lowest BCUT2D eigenvalue weighted by molar-refractivity contribution is -0.132. The Hall–Kier alpha value is -0.320. The van der Waals surface area contributed by atoms with Crippen LogP contribution in [0.2, 0.25) is 0 Å². The van der Waals surface area contributed by atoms with Crippen LogP contribution in [0.15, 0.2) is 0 Å². The average molecular weight is 248 g/mol. The highest BCUT2D eigenvalue weighted by molar-refractivity contribution is 5.85. The minimum Gasteiger partial charge on any atom is -0.340 e. The van der Waals surface area contributed by atoms with Crippen molar-refractivity contribution >= 4 is 18.3 Å². The standard InChI is InChI=1S/C11H21N3O.ClH/c1-13-6-3-7-14(9-8-13)11(15)10-4-2-5-12-10;/h10,12H,2-9H2,1H3;1H. The minimum atomic E-state index is 0. The Morgan fingerprint density at radius 3 is 2.69 bits per heavy atom. The van der Waals surface area contributed by atoms with E-state index in [1.54, 1.807) is 0 Å². The molecule has 0 aromatic rings. The van der Waals surface area contributed by atoms with Crippen molar-refractivity contribution in [3.05, 3.63) is 0 Å². The normalized spacial score (nSPS) is 27.3. The van der Waals surface area contributed by atoms with Gasteiger partial charge >= 0.3 is 0 Å². The molecule has 0 aromatic heterocycles. The van der Waals surface area contributed by atoms with Gasteiger partial charge in [-0.25, -0.2) is 0 Å². The van der Waals surface area contributed by atoms with Crippen molar-refractivity contribution in [2.45, 2.75) is 25.3 Å². The molecule has 2 fully saturated rings. The summed E-state index contributed by atoms with van der Waals surface area (Å²) in [5.41, 5.74) is 0. The number of hydrogen-bond acceptors (Lipinski definition) is 3. The Bertz CT molecular complexity index is 231. The van der Waals surface area contributed by atoms with Crippen molar-refractivity contribution < 1.29 is 4.79 Å². The third kappa shape index (κ3) is 3.34. The fraction of sp³-hybridized carbons (Fsp3) is 0.909. The van der Waals surface area contributed by atoms with Crippen LogP contribution in [0.1, 0.15) is 19.3 Å². The van der Waals surface area contributed by atoms with Gasteiger partial charge in [-0.2, -0.15) is 0 Å². The summed E-state index contributed by atoms with van der Waals surface area (Å²) in [7, 11) is 2.13. The van der Waals surface area contributed by atoms with Crippen LogP contribution in [-0.2, 0) is 4.79 Å². The number of amides is 1. The van der Waals surface area contributed by atoms with Gasteiger partial charge in [0.05, 0.1) is 6.04 Å². The van der Waals surface area contributed by atoms with E-state index in [1.165, 1.54) is 0 Å². The van der Waals surface area contributed by atoms with E-state index in [0.29, 0.717) is 5.91 Å². The summed E-state index contributed by atoms with van der Waals surface area (Å²) in [5, 5.41) is 3.28. The van der Waals surface area contributed by atoms with E-state index in [-0.39, 0.29) is 18.4 Å². The van der Waals surface area contributed by atoms with Gasteiger partial charge in [-0.1, -0.05) is 0 Å². The Morgan fingerprint density at radius 2 is 2.00 bits per heavy atom. The Balaban J connectivity index is 0.00000128. The van der Waals surface area contributed by atoms with Gasteiger partial charge in [-0.15, -0.1) is 12.4 Å². The van der Waals surface area contributed by atoms with Crippen LogP contribution in [0.25, 0.3) is 0 Å². The molecule has 0 saturated carbocycles. The van der Waals surface area contributed by atoms with Gasteiger partial charge < -0.3 is 15.1 Å². The van der Waals surface area contributed by atoms with Gasteiger partial charge in [0, 0.05) is 19.6 Å². The maximum absolute atomic E-state index is 12.1. The topological polar surface area (TPSA) is 35.6 Å². The van der Waals surface area contributed by atoms with Gasteiger partial charge in [0.15, 0.2) is 0 Å². The van der Waals surface area contributed by atoms with E-state index in [2.05, 4.69) is 17.3 Å². The van der Waals surface area contributed by atoms with Crippen molar-refractivity contribution in [3.63, 3.8) is 0 Å². The molecule has 1 N–H and O–H groups in total. The lowest BCUT2D eigenvalue weighted by atomic mass is 10.2. The molecule has 0 radical (unpaired) electrons. The number of rotatable bonds is 1. The summed E-state index contributed by atoms with van der Waals surface area (Å²) in [6.07, 6.45) is 3.27. The molecular formula is C11H22ClN3O. The third-order valence-electron chi connectivity index (χ3n) is 3.39. The number of carbonyl (C=O) groups excluding carboxylic acids is 1. The SMILES string of the molecule is CN1CCCN(C(=O)C2CCCN2)CC1.Cl. The van der Waals surface area contributed by atoms with E-state index in [0.717, 1.165) is 52.0 Å². The summed E-state index contributed by atoms with van der Waals surface area (Å²) in [6, 6.07) is 0.105. The highest BCUT2D eigenvalue weighted by Crippen LogP contribution is 2.10. The van der Waals surface area contributed by atoms with Crippen LogP contribution in [0.3, 0.4) is 0 Å². The summed E-state index contributed by atoms with van der Waals surface area (Å²) < 4.78 is 0. The predicted octanol–water partition coefficient (Wildman–Crippen LogP) is 0.324. The van der Waals surface area contributed by atoms with Gasteiger partial charge in [0.1, 0.15) is 0 Å². The summed E-state index contributed by atoms with van der Waals surface area (Å²) in [5.74, 6) is 0.322. The lowest BCUT2D eigenvalue weighted by Crippen LogP contribution is -2.44. The van der Waals surface area contributed by atoms with E-state index in [1.807, 2.05) is 4.90 Å². The van der Waals surface area contributed by atoms with E-state index >= 15 is 0 Å². The molecule has 4 nitrogen and oxygen atoms in total. The van der Waals surface area contributed by atoms with Crippen LogP contribution in [0.4, 0.5) is 0 Å². The number of nitrogens with zero attached hydrogens (tertiary/aromatic N) is 2. The molecular weight excluding hydrogens is 226 g/mol. The zero-order chi connectivity index (χ0) is 10.7. The quantitative estimate of drug-likeness (QED) is 0.725. The first-order valence-electron chi connectivity index (χ1n) is 5.98. The van der Waals surface area contributed by atoms with Crippen LogP contribution < -0.4 is 5.32 Å². The molecule has 0 bridgehead atoms. The fourth-order valence-corrected chi connectivity index (χ4v) is 2.38. The molecule has 1 amide bonds. The molecule has 2 aliphatic rings. The van der Waals surface area contributed by atoms with Crippen molar-refractivity contribution in [2.24, 2.45) is 0 Å². The summed E-state index contributed by atoms with van der Waals surface area (Å²) in [4.78, 5) is 16.4. The van der Waals surface area contributed by atoms with Crippen molar-refractivity contribution in [2.75, 3.05) is 39.8 Å². The first-order valence-corrected chi connectivity index (χ1v) is 5.98. The van der Waals surface area contributed by atoms with Gasteiger partial charge in [0.2, 0.25) is 5.91 Å². The molecule has 16 heavy (non-hydrogen) atoms. The zero-order valence-electron chi connectivity index (χ0n) is 9.95. The second-order valence-electron chi connectivity index (χ2n) is 4.63. The van der Waals surface area contributed by atoms with E-state index in [9.17, 15) is 4.79 Å². The van der Waals surface area contributed by atoms with Crippen molar-refractivity contribution in [1.82, 2.24) is 15.1 Å². The molecule has 94 valence electrons. The number of carbonyl (C=O) groups is 1. The molecule has 2 rings (SSSR count). The van der Waals surface area contributed by atoms with Crippen LogP contribution in [0.5, 0.6) is 0 Å². The maximum atomic E-state index is 12.1. The summed E-state index contributed by atoms with van der Waals surface area (Å²) in [6.45, 7) is 4.96. The number of likely N-dealkylation sites (N-methyl/N-ethyl adjacent to an activating group) is 1. The minimum absolute atomic E-state index is 0. The average Bonchev–Trinajstić information content (AvgIpc) is 2.67. The second kappa shape index (κ2) is 6.42. The largest absolute Gasteiger partial charge is 0.340 e. The first-order chi connectivity index (χ1) is 7.27. The van der Waals surface area contributed by atoms with E-state index in [4.69, 9.17) is 0 Å². The molecule has 1 unspecified atom stereocenters. The number of halogens is 1. The Morgan fingerprint density at radius 1 is 1.19 bits per heavy atom. The van der Waals surface area contributed by atoms with Crippen LogP contribution >= 0.6 is 12.4 Å². The first kappa shape index (κ1) is 13.7. The fourth-order valence-electron chi connectivity index (χ4n) is 2.38. The monoisotopic (exact) mass is 247 g/mol. The van der Waals surface area contributed by atoms with Crippen LogP contribution in [0, 0.1) is 0 Å². The number of hydrogen-bond donors (Lipinski definition) is 1. The molecule has 0 aromatic carbocycles. The van der Waals surface area contributed by atoms with Gasteiger partial charge in [-0.3, -0.25) is 4.79 Å². The molecule has 2 saturated heterocycles.